The molecule has 3 atom stereocenters. The third-order valence-electron chi connectivity index (χ3n) is 5.30. The first-order chi connectivity index (χ1) is 13.9. The zero-order valence-electron chi connectivity index (χ0n) is 16.9. The minimum absolute atomic E-state index is 0.0636. The standard InChI is InChI=1S/C23H26N2O4/c1-4-15(2)21(17-10-6-5-7-11-17)23(28)29-16(3)22(27)25-14-20(26)24-18-12-8-9-13-19(18)25/h5-13,15-16,21H,4,14H2,1-3H3,(H,24,26)/t15-,16+,21-/m1/s1. The van der Waals surface area contributed by atoms with Gasteiger partial charge in [-0.15, -0.1) is 0 Å². The summed E-state index contributed by atoms with van der Waals surface area (Å²) < 4.78 is 5.59. The normalized spacial score (nSPS) is 16.2. The molecule has 152 valence electrons. The van der Waals surface area contributed by atoms with Gasteiger partial charge in [0.05, 0.1) is 17.3 Å². The highest BCUT2D eigenvalue weighted by Gasteiger charge is 2.34. The average molecular weight is 394 g/mol. The summed E-state index contributed by atoms with van der Waals surface area (Å²) in [5.41, 5.74) is 2.04. The van der Waals surface area contributed by atoms with E-state index in [2.05, 4.69) is 5.32 Å². The Balaban J connectivity index is 1.78. The van der Waals surface area contributed by atoms with E-state index < -0.39 is 23.9 Å². The fraction of sp³-hybridized carbons (Fsp3) is 0.348. The lowest BCUT2D eigenvalue weighted by Gasteiger charge is -2.31. The number of anilines is 2. The lowest BCUT2D eigenvalue weighted by atomic mass is 9.85. The minimum atomic E-state index is -1.00. The van der Waals surface area contributed by atoms with Crippen molar-refractivity contribution in [2.75, 3.05) is 16.8 Å². The Kier molecular flexibility index (Phi) is 6.32. The summed E-state index contributed by atoms with van der Waals surface area (Å²) in [4.78, 5) is 39.4. The molecule has 2 amide bonds. The molecule has 29 heavy (non-hydrogen) atoms. The van der Waals surface area contributed by atoms with E-state index in [9.17, 15) is 14.4 Å². The van der Waals surface area contributed by atoms with Crippen molar-refractivity contribution in [3.05, 3.63) is 60.2 Å². The number of para-hydroxylation sites is 2. The van der Waals surface area contributed by atoms with Crippen molar-refractivity contribution in [1.82, 2.24) is 0 Å². The number of carbonyl (C=O) groups is 3. The van der Waals surface area contributed by atoms with E-state index in [1.807, 2.05) is 44.2 Å². The van der Waals surface area contributed by atoms with Crippen molar-refractivity contribution in [3.8, 4) is 0 Å². The first-order valence-corrected chi connectivity index (χ1v) is 9.88. The van der Waals surface area contributed by atoms with Crippen molar-refractivity contribution in [1.29, 1.82) is 0 Å². The van der Waals surface area contributed by atoms with Gasteiger partial charge in [0, 0.05) is 0 Å². The van der Waals surface area contributed by atoms with Gasteiger partial charge in [0.2, 0.25) is 5.91 Å². The van der Waals surface area contributed by atoms with Crippen molar-refractivity contribution in [2.24, 2.45) is 5.92 Å². The maximum atomic E-state index is 13.0. The Bertz CT molecular complexity index is 897. The van der Waals surface area contributed by atoms with Crippen LogP contribution in [0.2, 0.25) is 0 Å². The molecular formula is C23H26N2O4. The molecule has 0 spiro atoms. The van der Waals surface area contributed by atoms with Gasteiger partial charge in [-0.1, -0.05) is 62.7 Å². The summed E-state index contributed by atoms with van der Waals surface area (Å²) in [6.45, 7) is 5.46. The largest absolute Gasteiger partial charge is 0.452 e. The average Bonchev–Trinajstić information content (AvgIpc) is 2.73. The molecule has 1 aliphatic rings. The smallest absolute Gasteiger partial charge is 0.314 e. The number of nitrogens with zero attached hydrogens (tertiary/aromatic N) is 1. The number of carbonyl (C=O) groups excluding carboxylic acids is 3. The molecule has 1 heterocycles. The Morgan fingerprint density at radius 3 is 2.41 bits per heavy atom. The molecule has 0 aromatic heterocycles. The molecule has 1 aliphatic heterocycles. The maximum Gasteiger partial charge on any atom is 0.314 e. The maximum absolute atomic E-state index is 13.0. The molecule has 0 bridgehead atoms. The van der Waals surface area contributed by atoms with E-state index in [-0.39, 0.29) is 18.4 Å². The SMILES string of the molecule is CC[C@@H](C)[C@@H](C(=O)O[C@@H](C)C(=O)N1CC(=O)Nc2ccccc21)c1ccccc1. The van der Waals surface area contributed by atoms with Crippen LogP contribution in [-0.4, -0.2) is 30.4 Å². The van der Waals surface area contributed by atoms with Crippen molar-refractivity contribution in [2.45, 2.75) is 39.2 Å². The topological polar surface area (TPSA) is 75.7 Å². The Morgan fingerprint density at radius 2 is 1.72 bits per heavy atom. The highest BCUT2D eigenvalue weighted by atomic mass is 16.5. The first kappa shape index (κ1) is 20.6. The highest BCUT2D eigenvalue weighted by molar-refractivity contribution is 6.11. The molecule has 3 rings (SSSR count). The quantitative estimate of drug-likeness (QED) is 0.758. The second kappa shape index (κ2) is 8.90. The molecule has 6 nitrogen and oxygen atoms in total. The molecule has 6 heteroatoms. The lowest BCUT2D eigenvalue weighted by Crippen LogP contribution is -2.47. The Hall–Kier alpha value is -3.15. The van der Waals surface area contributed by atoms with Gasteiger partial charge in [-0.25, -0.2) is 0 Å². The fourth-order valence-electron chi connectivity index (χ4n) is 3.54. The van der Waals surface area contributed by atoms with Crippen LogP contribution >= 0.6 is 0 Å². The molecule has 0 aliphatic carbocycles. The van der Waals surface area contributed by atoms with Gasteiger partial charge in [0.25, 0.3) is 5.91 Å². The second-order valence-electron chi connectivity index (χ2n) is 7.34. The van der Waals surface area contributed by atoms with E-state index in [1.54, 1.807) is 31.2 Å². The number of amides is 2. The molecule has 2 aromatic rings. The van der Waals surface area contributed by atoms with Gasteiger partial charge < -0.3 is 10.1 Å². The monoisotopic (exact) mass is 394 g/mol. The molecule has 0 saturated carbocycles. The second-order valence-corrected chi connectivity index (χ2v) is 7.34. The number of esters is 1. The Morgan fingerprint density at radius 1 is 1.07 bits per heavy atom. The van der Waals surface area contributed by atoms with E-state index >= 15 is 0 Å². The van der Waals surface area contributed by atoms with Crippen LogP contribution < -0.4 is 10.2 Å². The lowest BCUT2D eigenvalue weighted by molar-refractivity contribution is -0.156. The summed E-state index contributed by atoms with van der Waals surface area (Å²) in [7, 11) is 0. The first-order valence-electron chi connectivity index (χ1n) is 9.88. The number of benzene rings is 2. The summed E-state index contributed by atoms with van der Waals surface area (Å²) in [5, 5.41) is 2.75. The van der Waals surface area contributed by atoms with Gasteiger partial charge >= 0.3 is 5.97 Å². The molecule has 2 aromatic carbocycles. The van der Waals surface area contributed by atoms with Crippen LogP contribution in [-0.2, 0) is 19.1 Å². The van der Waals surface area contributed by atoms with Gasteiger partial charge in [0.1, 0.15) is 6.54 Å². The van der Waals surface area contributed by atoms with Crippen LogP contribution in [0.15, 0.2) is 54.6 Å². The number of hydrogen-bond donors (Lipinski definition) is 1. The van der Waals surface area contributed by atoms with Crippen LogP contribution in [0.25, 0.3) is 0 Å². The van der Waals surface area contributed by atoms with Crippen LogP contribution in [0.4, 0.5) is 11.4 Å². The number of fused-ring (bicyclic) bond motifs is 1. The summed E-state index contributed by atoms with van der Waals surface area (Å²) in [6.07, 6.45) is -0.201. The van der Waals surface area contributed by atoms with Gasteiger partial charge in [0.15, 0.2) is 6.10 Å². The van der Waals surface area contributed by atoms with Crippen molar-refractivity contribution >= 4 is 29.2 Å². The van der Waals surface area contributed by atoms with Crippen LogP contribution in [0.3, 0.4) is 0 Å². The molecule has 1 N–H and O–H groups in total. The zero-order chi connectivity index (χ0) is 21.0. The van der Waals surface area contributed by atoms with Crippen molar-refractivity contribution < 1.29 is 19.1 Å². The third kappa shape index (κ3) is 4.47. The number of hydrogen-bond acceptors (Lipinski definition) is 4. The highest BCUT2D eigenvalue weighted by Crippen LogP contribution is 2.31. The molecule has 0 radical (unpaired) electrons. The minimum Gasteiger partial charge on any atom is -0.452 e. The molecular weight excluding hydrogens is 368 g/mol. The fourth-order valence-corrected chi connectivity index (χ4v) is 3.54. The predicted octanol–water partition coefficient (Wildman–Crippen LogP) is 3.73. The van der Waals surface area contributed by atoms with E-state index in [1.165, 1.54) is 4.90 Å². The van der Waals surface area contributed by atoms with Gasteiger partial charge in [-0.2, -0.15) is 0 Å². The van der Waals surface area contributed by atoms with E-state index in [0.717, 1.165) is 12.0 Å². The summed E-state index contributed by atoms with van der Waals surface area (Å²) >= 11 is 0. The van der Waals surface area contributed by atoms with Gasteiger partial charge in [-0.3, -0.25) is 19.3 Å². The van der Waals surface area contributed by atoms with Crippen molar-refractivity contribution in [3.63, 3.8) is 0 Å². The number of rotatable bonds is 6. The summed E-state index contributed by atoms with van der Waals surface area (Å²) in [5.74, 6) is -1.52. The number of ether oxygens (including phenoxy) is 1. The van der Waals surface area contributed by atoms with Crippen LogP contribution in [0, 0.1) is 5.92 Å². The van der Waals surface area contributed by atoms with Gasteiger partial charge in [-0.05, 0) is 30.5 Å². The van der Waals surface area contributed by atoms with E-state index in [0.29, 0.717) is 11.4 Å². The predicted molar refractivity (Wildman–Crippen MR) is 112 cm³/mol. The summed E-state index contributed by atoms with van der Waals surface area (Å²) in [6, 6.07) is 16.5. The third-order valence-corrected chi connectivity index (χ3v) is 5.30. The molecule has 0 unspecified atom stereocenters. The Labute approximate surface area is 170 Å². The molecule has 0 saturated heterocycles. The zero-order valence-corrected chi connectivity index (χ0v) is 16.9. The number of nitrogens with one attached hydrogen (secondary N) is 1. The van der Waals surface area contributed by atoms with Crippen LogP contribution in [0.5, 0.6) is 0 Å². The molecule has 0 fully saturated rings. The van der Waals surface area contributed by atoms with Crippen LogP contribution in [0.1, 0.15) is 38.7 Å². The van der Waals surface area contributed by atoms with E-state index in [4.69, 9.17) is 4.74 Å².